The first kappa shape index (κ1) is 20.3. The Labute approximate surface area is 181 Å². The fourth-order valence-electron chi connectivity index (χ4n) is 3.05. The van der Waals surface area contributed by atoms with Gasteiger partial charge in [0.25, 0.3) is 0 Å². The molecule has 2 aromatic carbocycles. The van der Waals surface area contributed by atoms with Crippen LogP contribution in [0, 0.1) is 17.0 Å². The number of hydrogen-bond donors (Lipinski definition) is 0. The third-order valence-corrected chi connectivity index (χ3v) is 4.94. The van der Waals surface area contributed by atoms with Crippen LogP contribution in [-0.2, 0) is 9.53 Å². The van der Waals surface area contributed by atoms with Gasteiger partial charge >= 0.3 is 11.7 Å². The second-order valence-electron chi connectivity index (χ2n) is 6.52. The van der Waals surface area contributed by atoms with Crippen molar-refractivity contribution in [3.8, 4) is 11.4 Å². The van der Waals surface area contributed by atoms with Gasteiger partial charge in [-0.25, -0.2) is 14.5 Å². The lowest BCUT2D eigenvalue weighted by molar-refractivity contribution is -0.385. The number of aromatic nitrogens is 2. The van der Waals surface area contributed by atoms with E-state index in [9.17, 15) is 14.9 Å². The normalized spacial score (nSPS) is 14.5. The highest BCUT2D eigenvalue weighted by molar-refractivity contribution is 6.31. The Morgan fingerprint density at radius 2 is 1.97 bits per heavy atom. The van der Waals surface area contributed by atoms with Crippen LogP contribution in [-0.4, -0.2) is 33.7 Å². The molecule has 3 aromatic rings. The predicted octanol–water partition coefficient (Wildman–Crippen LogP) is 4.10. The van der Waals surface area contributed by atoms with Gasteiger partial charge in [0, 0.05) is 17.2 Å². The van der Waals surface area contributed by atoms with Gasteiger partial charge in [0.05, 0.1) is 23.4 Å². The van der Waals surface area contributed by atoms with E-state index in [-0.39, 0.29) is 28.6 Å². The molecule has 9 nitrogen and oxygen atoms in total. The summed E-state index contributed by atoms with van der Waals surface area (Å²) < 4.78 is 11.8. The molecule has 0 fully saturated rings. The minimum absolute atomic E-state index is 0.00563. The quantitative estimate of drug-likeness (QED) is 0.257. The predicted molar refractivity (Wildman–Crippen MR) is 114 cm³/mol. The molecule has 0 saturated heterocycles. The van der Waals surface area contributed by atoms with Gasteiger partial charge < -0.3 is 9.47 Å². The lowest BCUT2D eigenvalue weighted by atomic mass is 10.2. The first-order valence-electron chi connectivity index (χ1n) is 9.05. The van der Waals surface area contributed by atoms with Gasteiger partial charge in [-0.15, -0.1) is 0 Å². The van der Waals surface area contributed by atoms with Crippen molar-refractivity contribution in [2.24, 2.45) is 4.99 Å². The van der Waals surface area contributed by atoms with Gasteiger partial charge in [0.1, 0.15) is 5.15 Å². The molecule has 0 unspecified atom stereocenters. The maximum absolute atomic E-state index is 12.4. The minimum atomic E-state index is -0.698. The van der Waals surface area contributed by atoms with E-state index < -0.39 is 10.9 Å². The maximum Gasteiger partial charge on any atom is 0.363 e. The lowest BCUT2D eigenvalue weighted by Crippen LogP contribution is -2.06. The number of benzene rings is 2. The van der Waals surface area contributed by atoms with Crippen LogP contribution in [0.25, 0.3) is 11.8 Å². The van der Waals surface area contributed by atoms with E-state index in [1.165, 1.54) is 31.4 Å². The highest BCUT2D eigenvalue weighted by Crippen LogP contribution is 2.31. The van der Waals surface area contributed by atoms with Crippen molar-refractivity contribution in [3.63, 3.8) is 0 Å². The number of nitro benzene ring substituents is 1. The molecule has 0 bridgehead atoms. The van der Waals surface area contributed by atoms with E-state index >= 15 is 0 Å². The zero-order valence-electron chi connectivity index (χ0n) is 16.4. The summed E-state index contributed by atoms with van der Waals surface area (Å²) in [5, 5.41) is 16.0. The number of halogens is 1. The second-order valence-corrected chi connectivity index (χ2v) is 6.88. The molecule has 0 N–H and O–H groups in total. The summed E-state index contributed by atoms with van der Waals surface area (Å²) in [6.45, 7) is 1.76. The number of ether oxygens (including phenoxy) is 2. The Hall–Kier alpha value is -3.98. The van der Waals surface area contributed by atoms with Crippen LogP contribution in [0.4, 0.5) is 5.69 Å². The van der Waals surface area contributed by atoms with Gasteiger partial charge in [-0.05, 0) is 37.3 Å². The van der Waals surface area contributed by atoms with Crippen molar-refractivity contribution in [2.75, 3.05) is 7.11 Å². The molecule has 1 aliphatic rings. The number of rotatable bonds is 5. The van der Waals surface area contributed by atoms with E-state index in [0.29, 0.717) is 16.4 Å². The van der Waals surface area contributed by atoms with E-state index in [2.05, 4.69) is 10.1 Å². The van der Waals surface area contributed by atoms with Crippen LogP contribution >= 0.6 is 11.6 Å². The van der Waals surface area contributed by atoms with Gasteiger partial charge in [-0.1, -0.05) is 29.8 Å². The molecule has 0 radical (unpaired) electrons. The van der Waals surface area contributed by atoms with Crippen LogP contribution < -0.4 is 4.74 Å². The number of para-hydroxylation sites is 1. The molecule has 0 saturated carbocycles. The standard InChI is InChI=1S/C21H15ClN4O5/c1-12-15(19(22)25(24-12)14-6-4-3-5-7-14)11-16-21(27)31-20(23-16)13-8-9-18(30-2)17(10-13)26(28)29/h3-11H,1-2H3. The third-order valence-electron chi connectivity index (χ3n) is 4.57. The molecule has 156 valence electrons. The van der Waals surface area contributed by atoms with Crippen molar-refractivity contribution < 1.29 is 19.2 Å². The molecule has 0 spiro atoms. The van der Waals surface area contributed by atoms with Crippen molar-refractivity contribution in [1.29, 1.82) is 0 Å². The fraction of sp³-hybridized carbons (Fsp3) is 0.0952. The highest BCUT2D eigenvalue weighted by atomic mass is 35.5. The fourth-order valence-corrected chi connectivity index (χ4v) is 3.38. The first-order valence-corrected chi connectivity index (χ1v) is 9.42. The Morgan fingerprint density at radius 1 is 1.23 bits per heavy atom. The Morgan fingerprint density at radius 3 is 2.65 bits per heavy atom. The lowest BCUT2D eigenvalue weighted by Gasteiger charge is -2.03. The molecule has 10 heteroatoms. The zero-order chi connectivity index (χ0) is 22.1. The van der Waals surface area contributed by atoms with Crippen molar-refractivity contribution in [2.45, 2.75) is 6.92 Å². The third kappa shape index (κ3) is 3.78. The average molecular weight is 439 g/mol. The highest BCUT2D eigenvalue weighted by Gasteiger charge is 2.27. The molecule has 0 amide bonds. The number of cyclic esters (lactones) is 1. The summed E-state index contributed by atoms with van der Waals surface area (Å²) >= 11 is 6.50. The number of carbonyl (C=O) groups excluding carboxylic acids is 1. The summed E-state index contributed by atoms with van der Waals surface area (Å²) in [5.74, 6) is -0.659. The molecule has 0 aliphatic carbocycles. The largest absolute Gasteiger partial charge is 0.490 e. The molecular formula is C21H15ClN4O5. The van der Waals surface area contributed by atoms with E-state index in [1.807, 2.05) is 30.3 Å². The summed E-state index contributed by atoms with van der Waals surface area (Å²) in [4.78, 5) is 27.2. The monoisotopic (exact) mass is 438 g/mol. The van der Waals surface area contributed by atoms with Gasteiger partial charge in [0.2, 0.25) is 5.90 Å². The zero-order valence-corrected chi connectivity index (χ0v) is 17.2. The Balaban J connectivity index is 1.72. The molecule has 0 atom stereocenters. The number of aryl methyl sites for hydroxylation is 1. The van der Waals surface area contributed by atoms with Crippen LogP contribution in [0.3, 0.4) is 0 Å². The number of hydrogen-bond acceptors (Lipinski definition) is 7. The second kappa shape index (κ2) is 8.04. The molecule has 1 aliphatic heterocycles. The summed E-state index contributed by atoms with van der Waals surface area (Å²) in [7, 11) is 1.33. The summed E-state index contributed by atoms with van der Waals surface area (Å²) in [6.07, 6.45) is 1.48. The Bertz CT molecular complexity index is 1260. The number of esters is 1. The molecule has 31 heavy (non-hydrogen) atoms. The number of nitro groups is 1. The number of methoxy groups -OCH3 is 1. The minimum Gasteiger partial charge on any atom is -0.490 e. The molecule has 4 rings (SSSR count). The molecular weight excluding hydrogens is 424 g/mol. The number of aliphatic imine (C=N–C) groups is 1. The van der Waals surface area contributed by atoms with Crippen LogP contribution in [0.5, 0.6) is 5.75 Å². The maximum atomic E-state index is 12.4. The van der Waals surface area contributed by atoms with Gasteiger partial charge in [0.15, 0.2) is 11.4 Å². The van der Waals surface area contributed by atoms with Crippen molar-refractivity contribution in [3.05, 3.63) is 86.3 Å². The van der Waals surface area contributed by atoms with Crippen LogP contribution in [0.1, 0.15) is 16.8 Å². The number of nitrogens with zero attached hydrogens (tertiary/aromatic N) is 4. The van der Waals surface area contributed by atoms with E-state index in [0.717, 1.165) is 5.69 Å². The average Bonchev–Trinajstić information content (AvgIpc) is 3.28. The first-order chi connectivity index (χ1) is 14.9. The van der Waals surface area contributed by atoms with Crippen LogP contribution in [0.15, 0.2) is 59.2 Å². The SMILES string of the molecule is COc1ccc(C2=NC(=Cc3c(C)nn(-c4ccccc4)c3Cl)C(=O)O2)cc1[N+](=O)[O-]. The van der Waals surface area contributed by atoms with E-state index in [1.54, 1.807) is 11.6 Å². The molecule has 2 heterocycles. The molecule has 1 aromatic heterocycles. The van der Waals surface area contributed by atoms with Gasteiger partial charge in [-0.3, -0.25) is 10.1 Å². The van der Waals surface area contributed by atoms with E-state index in [4.69, 9.17) is 21.1 Å². The van der Waals surface area contributed by atoms with Crippen LogP contribution in [0.2, 0.25) is 5.15 Å². The van der Waals surface area contributed by atoms with Gasteiger partial charge in [-0.2, -0.15) is 5.10 Å². The summed E-state index contributed by atoms with van der Waals surface area (Å²) in [5.41, 5.74) is 1.89. The number of carbonyl (C=O) groups is 1. The Kier molecular flexibility index (Phi) is 5.26. The smallest absolute Gasteiger partial charge is 0.363 e. The summed E-state index contributed by atoms with van der Waals surface area (Å²) in [6, 6.07) is 13.5. The topological polar surface area (TPSA) is 109 Å². The van der Waals surface area contributed by atoms with Crippen molar-refractivity contribution >= 4 is 35.2 Å². The van der Waals surface area contributed by atoms with Crippen molar-refractivity contribution in [1.82, 2.24) is 9.78 Å².